The molecule has 2 aromatic carbocycles. The molecule has 24 heavy (non-hydrogen) atoms. The molecule has 0 radical (unpaired) electrons. The molecule has 0 spiro atoms. The van der Waals surface area contributed by atoms with Crippen LogP contribution in [0.3, 0.4) is 0 Å². The second-order valence-electron chi connectivity index (χ2n) is 6.03. The number of hydrogen-bond acceptors (Lipinski definition) is 3. The molecule has 2 N–H and O–H groups in total. The number of hydrogen-bond donors (Lipinski definition) is 2. The van der Waals surface area contributed by atoms with Gasteiger partial charge in [-0.15, -0.1) is 0 Å². The fraction of sp³-hybridized carbons (Fsp3) is 0.263. The molecule has 124 valence electrons. The van der Waals surface area contributed by atoms with E-state index in [0.717, 1.165) is 11.3 Å². The van der Waals surface area contributed by atoms with Crippen molar-refractivity contribution in [2.75, 3.05) is 17.7 Å². The second-order valence-corrected chi connectivity index (χ2v) is 6.03. The number of amides is 2. The van der Waals surface area contributed by atoms with Crippen molar-refractivity contribution in [3.63, 3.8) is 0 Å². The molecule has 2 atom stereocenters. The van der Waals surface area contributed by atoms with E-state index < -0.39 is 0 Å². The van der Waals surface area contributed by atoms with Crippen LogP contribution >= 0.6 is 0 Å². The van der Waals surface area contributed by atoms with Crippen molar-refractivity contribution in [2.45, 2.75) is 13.3 Å². The van der Waals surface area contributed by atoms with Crippen molar-refractivity contribution in [1.29, 1.82) is 0 Å². The van der Waals surface area contributed by atoms with Crippen LogP contribution in [0.15, 0.2) is 48.5 Å². The number of benzene rings is 2. The summed E-state index contributed by atoms with van der Waals surface area (Å²) < 4.78 is 5.13. The van der Waals surface area contributed by atoms with E-state index in [1.165, 1.54) is 0 Å². The molecule has 0 aliphatic heterocycles. The molecule has 0 aromatic heterocycles. The van der Waals surface area contributed by atoms with Gasteiger partial charge in [0, 0.05) is 17.4 Å². The van der Waals surface area contributed by atoms with Gasteiger partial charge in [-0.25, -0.2) is 0 Å². The first-order valence-corrected chi connectivity index (χ1v) is 7.89. The normalized spacial score (nSPS) is 18.6. The van der Waals surface area contributed by atoms with Crippen LogP contribution in [-0.4, -0.2) is 18.9 Å². The molecule has 5 nitrogen and oxygen atoms in total. The third-order valence-electron chi connectivity index (χ3n) is 4.12. The minimum absolute atomic E-state index is 0.107. The Kier molecular flexibility index (Phi) is 4.51. The monoisotopic (exact) mass is 324 g/mol. The van der Waals surface area contributed by atoms with Gasteiger partial charge >= 0.3 is 0 Å². The van der Waals surface area contributed by atoms with Crippen molar-refractivity contribution in [3.05, 3.63) is 54.1 Å². The first-order chi connectivity index (χ1) is 11.6. The summed E-state index contributed by atoms with van der Waals surface area (Å²) in [5.74, 6) is -0.104. The van der Waals surface area contributed by atoms with Crippen LogP contribution in [0.4, 0.5) is 11.4 Å². The highest BCUT2D eigenvalue weighted by atomic mass is 16.5. The van der Waals surface area contributed by atoms with Crippen molar-refractivity contribution in [3.8, 4) is 5.75 Å². The molecule has 2 aromatic rings. The summed E-state index contributed by atoms with van der Waals surface area (Å²) in [4.78, 5) is 24.5. The molecule has 1 aliphatic rings. The summed E-state index contributed by atoms with van der Waals surface area (Å²) >= 11 is 0. The van der Waals surface area contributed by atoms with Gasteiger partial charge in [-0.3, -0.25) is 9.59 Å². The number of anilines is 2. The number of nitrogens with one attached hydrogen (secondary N) is 2. The van der Waals surface area contributed by atoms with Gasteiger partial charge in [0.05, 0.1) is 18.9 Å². The average molecular weight is 324 g/mol. The largest absolute Gasteiger partial charge is 0.497 e. The Balaban J connectivity index is 1.55. The number of carbonyl (C=O) groups excluding carboxylic acids is 2. The smallest absolute Gasteiger partial charge is 0.228 e. The molecular formula is C19H20N2O3. The van der Waals surface area contributed by atoms with Crippen molar-refractivity contribution in [2.24, 2.45) is 11.8 Å². The SMILES string of the molecule is COc1cccc(NC(=O)C2CC2C(=O)Nc2ccc(C)cc2)c1. The Morgan fingerprint density at radius 3 is 2.21 bits per heavy atom. The third kappa shape index (κ3) is 3.74. The zero-order chi connectivity index (χ0) is 17.1. The summed E-state index contributed by atoms with van der Waals surface area (Å²) in [6, 6.07) is 14.8. The van der Waals surface area contributed by atoms with Crippen LogP contribution in [0.25, 0.3) is 0 Å². The van der Waals surface area contributed by atoms with Crippen LogP contribution in [0, 0.1) is 18.8 Å². The lowest BCUT2D eigenvalue weighted by molar-refractivity contribution is -0.122. The first kappa shape index (κ1) is 16.1. The summed E-state index contributed by atoms with van der Waals surface area (Å²) in [5.41, 5.74) is 2.56. The van der Waals surface area contributed by atoms with E-state index in [1.807, 2.05) is 43.3 Å². The number of aryl methyl sites for hydroxylation is 1. The molecule has 3 rings (SSSR count). The molecule has 1 aliphatic carbocycles. The van der Waals surface area contributed by atoms with Gasteiger partial charge in [0.25, 0.3) is 0 Å². The minimum Gasteiger partial charge on any atom is -0.497 e. The maximum absolute atomic E-state index is 12.3. The van der Waals surface area contributed by atoms with E-state index in [2.05, 4.69) is 10.6 Å². The van der Waals surface area contributed by atoms with E-state index in [9.17, 15) is 9.59 Å². The number of rotatable bonds is 5. The average Bonchev–Trinajstić information content (AvgIpc) is 3.38. The quantitative estimate of drug-likeness (QED) is 0.887. The highest BCUT2D eigenvalue weighted by Gasteiger charge is 2.48. The lowest BCUT2D eigenvalue weighted by atomic mass is 10.2. The summed E-state index contributed by atoms with van der Waals surface area (Å²) in [6.07, 6.45) is 0.577. The van der Waals surface area contributed by atoms with Crippen LogP contribution in [-0.2, 0) is 9.59 Å². The van der Waals surface area contributed by atoms with Crippen molar-refractivity contribution >= 4 is 23.2 Å². The summed E-state index contributed by atoms with van der Waals surface area (Å²) in [6.45, 7) is 1.99. The first-order valence-electron chi connectivity index (χ1n) is 7.89. The fourth-order valence-corrected chi connectivity index (χ4v) is 2.58. The topological polar surface area (TPSA) is 67.4 Å². The lowest BCUT2D eigenvalue weighted by Crippen LogP contribution is -2.20. The molecular weight excluding hydrogens is 304 g/mol. The molecule has 2 amide bonds. The van der Waals surface area contributed by atoms with Crippen LogP contribution in [0.5, 0.6) is 5.75 Å². The Morgan fingerprint density at radius 2 is 1.58 bits per heavy atom. The molecule has 0 heterocycles. The van der Waals surface area contributed by atoms with Gasteiger partial charge in [-0.05, 0) is 37.6 Å². The van der Waals surface area contributed by atoms with Crippen molar-refractivity contribution in [1.82, 2.24) is 0 Å². The third-order valence-corrected chi connectivity index (χ3v) is 4.12. The van der Waals surface area contributed by atoms with E-state index in [1.54, 1.807) is 19.2 Å². The maximum Gasteiger partial charge on any atom is 0.228 e. The predicted octanol–water partition coefficient (Wildman–Crippen LogP) is 3.22. The standard InChI is InChI=1S/C19H20N2O3/c1-12-6-8-13(9-7-12)20-18(22)16-11-17(16)19(23)21-14-4-3-5-15(10-14)24-2/h3-10,16-17H,11H2,1-2H3,(H,20,22)(H,21,23). The molecule has 1 fully saturated rings. The van der Waals surface area contributed by atoms with Crippen LogP contribution in [0.1, 0.15) is 12.0 Å². The van der Waals surface area contributed by atoms with E-state index in [4.69, 9.17) is 4.74 Å². The Hall–Kier alpha value is -2.82. The molecule has 0 saturated heterocycles. The number of methoxy groups -OCH3 is 1. The van der Waals surface area contributed by atoms with Gasteiger partial charge in [0.15, 0.2) is 0 Å². The summed E-state index contributed by atoms with van der Waals surface area (Å²) in [5, 5.41) is 5.69. The minimum atomic E-state index is -0.276. The van der Waals surface area contributed by atoms with Crippen molar-refractivity contribution < 1.29 is 14.3 Å². The molecule has 2 unspecified atom stereocenters. The highest BCUT2D eigenvalue weighted by Crippen LogP contribution is 2.40. The van der Waals surface area contributed by atoms with E-state index in [-0.39, 0.29) is 23.7 Å². The Labute approximate surface area is 141 Å². The predicted molar refractivity (Wildman–Crippen MR) is 93.0 cm³/mol. The van der Waals surface area contributed by atoms with Gasteiger partial charge in [0.2, 0.25) is 11.8 Å². The second kappa shape index (κ2) is 6.74. The van der Waals surface area contributed by atoms with E-state index in [0.29, 0.717) is 17.9 Å². The van der Waals surface area contributed by atoms with E-state index >= 15 is 0 Å². The van der Waals surface area contributed by atoms with Gasteiger partial charge in [-0.2, -0.15) is 0 Å². The molecule has 0 bridgehead atoms. The maximum atomic E-state index is 12.3. The zero-order valence-corrected chi connectivity index (χ0v) is 13.7. The van der Waals surface area contributed by atoms with Gasteiger partial charge in [0.1, 0.15) is 5.75 Å². The molecule has 5 heteroatoms. The molecule has 1 saturated carbocycles. The van der Waals surface area contributed by atoms with Gasteiger partial charge < -0.3 is 15.4 Å². The highest BCUT2D eigenvalue weighted by molar-refractivity contribution is 6.03. The van der Waals surface area contributed by atoms with Crippen LogP contribution in [0.2, 0.25) is 0 Å². The summed E-state index contributed by atoms with van der Waals surface area (Å²) in [7, 11) is 1.58. The van der Waals surface area contributed by atoms with Crippen LogP contribution < -0.4 is 15.4 Å². The van der Waals surface area contributed by atoms with Gasteiger partial charge in [-0.1, -0.05) is 23.8 Å². The Bertz CT molecular complexity index is 755. The Morgan fingerprint density at radius 1 is 0.958 bits per heavy atom. The lowest BCUT2D eigenvalue weighted by Gasteiger charge is -2.07. The fourth-order valence-electron chi connectivity index (χ4n) is 2.58. The number of carbonyl (C=O) groups is 2. The number of ether oxygens (including phenoxy) is 1. The zero-order valence-electron chi connectivity index (χ0n) is 13.7.